The number of nitrogens with two attached hydrogens (primary N) is 1. The van der Waals surface area contributed by atoms with Crippen LogP contribution in [-0.4, -0.2) is 10.1 Å². The lowest BCUT2D eigenvalue weighted by atomic mass is 10.1. The van der Waals surface area contributed by atoms with Gasteiger partial charge in [0, 0.05) is 11.4 Å². The van der Waals surface area contributed by atoms with Crippen molar-refractivity contribution in [3.05, 3.63) is 46.6 Å². The molecule has 5 heteroatoms. The predicted octanol–water partition coefficient (Wildman–Crippen LogP) is 2.72. The maximum Gasteiger partial charge on any atom is 0.243 e. The normalized spacial score (nSPS) is 16.8. The third-order valence-electron chi connectivity index (χ3n) is 3.17. The van der Waals surface area contributed by atoms with E-state index in [2.05, 4.69) is 10.1 Å². The molecule has 0 aliphatic heterocycles. The molecule has 0 saturated heterocycles. The average molecular weight is 264 g/mol. The second kappa shape index (κ2) is 4.71. The zero-order chi connectivity index (χ0) is 12.5. The van der Waals surface area contributed by atoms with Crippen LogP contribution in [0.5, 0.6) is 0 Å². The Bertz CT molecular complexity index is 533. The summed E-state index contributed by atoms with van der Waals surface area (Å²) in [5.41, 5.74) is 7.12. The van der Waals surface area contributed by atoms with Crippen LogP contribution in [0.1, 0.15) is 36.2 Å². The Hall–Kier alpha value is -1.39. The van der Waals surface area contributed by atoms with Crippen LogP contribution in [0, 0.1) is 5.92 Å². The van der Waals surface area contributed by atoms with Gasteiger partial charge < -0.3 is 10.3 Å². The molecule has 1 saturated carbocycles. The zero-order valence-corrected chi connectivity index (χ0v) is 10.6. The van der Waals surface area contributed by atoms with Gasteiger partial charge in [-0.1, -0.05) is 28.9 Å². The van der Waals surface area contributed by atoms with Gasteiger partial charge in [-0.15, -0.1) is 0 Å². The molecule has 2 aromatic rings. The Morgan fingerprint density at radius 3 is 2.72 bits per heavy atom. The molecule has 1 heterocycles. The minimum atomic E-state index is -0.100. The number of benzene rings is 1. The van der Waals surface area contributed by atoms with E-state index < -0.39 is 0 Å². The van der Waals surface area contributed by atoms with E-state index in [1.54, 1.807) is 0 Å². The topological polar surface area (TPSA) is 64.9 Å². The van der Waals surface area contributed by atoms with Crippen molar-refractivity contribution in [2.24, 2.45) is 11.7 Å². The van der Waals surface area contributed by atoms with E-state index in [9.17, 15) is 0 Å². The Morgan fingerprint density at radius 2 is 2.06 bits per heavy atom. The molecule has 0 radical (unpaired) electrons. The minimum Gasteiger partial charge on any atom is -0.338 e. The van der Waals surface area contributed by atoms with Crippen molar-refractivity contribution in [3.8, 4) is 0 Å². The lowest BCUT2D eigenvalue weighted by Gasteiger charge is -2.01. The Kier molecular flexibility index (Phi) is 3.06. The summed E-state index contributed by atoms with van der Waals surface area (Å²) in [4.78, 5) is 4.35. The van der Waals surface area contributed by atoms with Crippen LogP contribution in [0.4, 0.5) is 0 Å². The molecule has 18 heavy (non-hydrogen) atoms. The fourth-order valence-corrected chi connectivity index (χ4v) is 2.04. The monoisotopic (exact) mass is 263 g/mol. The molecule has 1 aliphatic carbocycles. The van der Waals surface area contributed by atoms with Gasteiger partial charge in [-0.25, -0.2) is 0 Å². The Labute approximate surface area is 110 Å². The van der Waals surface area contributed by atoms with Gasteiger partial charge in [-0.2, -0.15) is 4.98 Å². The molecule has 0 amide bonds. The lowest BCUT2D eigenvalue weighted by molar-refractivity contribution is 0.340. The second-order valence-electron chi connectivity index (χ2n) is 4.72. The highest BCUT2D eigenvalue weighted by Gasteiger charge is 2.33. The van der Waals surface area contributed by atoms with Crippen LogP contribution in [0.25, 0.3) is 0 Å². The first-order chi connectivity index (χ1) is 8.72. The van der Waals surface area contributed by atoms with Gasteiger partial charge in [-0.3, -0.25) is 0 Å². The molecule has 3 rings (SSSR count). The van der Waals surface area contributed by atoms with Crippen LogP contribution in [0.3, 0.4) is 0 Å². The van der Waals surface area contributed by atoms with Crippen molar-refractivity contribution < 1.29 is 4.52 Å². The Morgan fingerprint density at radius 1 is 1.33 bits per heavy atom. The standard InChI is InChI=1S/C13H14ClN3O/c14-10-5-1-8(2-6-10)7-11-16-13(18-17-11)12(15)9-3-4-9/h1-2,5-6,9,12H,3-4,7,15H2. The molecule has 1 unspecified atom stereocenters. The van der Waals surface area contributed by atoms with Crippen molar-refractivity contribution in [1.29, 1.82) is 0 Å². The molecule has 0 spiro atoms. The summed E-state index contributed by atoms with van der Waals surface area (Å²) >= 11 is 5.84. The van der Waals surface area contributed by atoms with E-state index >= 15 is 0 Å². The first-order valence-electron chi connectivity index (χ1n) is 6.05. The average Bonchev–Trinajstić information content (AvgIpc) is 3.12. The first kappa shape index (κ1) is 11.7. The molecule has 1 atom stereocenters. The Balaban J connectivity index is 1.71. The fourth-order valence-electron chi connectivity index (χ4n) is 1.92. The summed E-state index contributed by atoms with van der Waals surface area (Å²) in [5, 5.41) is 4.69. The summed E-state index contributed by atoms with van der Waals surface area (Å²) < 4.78 is 5.21. The smallest absolute Gasteiger partial charge is 0.243 e. The van der Waals surface area contributed by atoms with Gasteiger partial charge in [0.25, 0.3) is 0 Å². The van der Waals surface area contributed by atoms with E-state index in [-0.39, 0.29) is 6.04 Å². The number of aromatic nitrogens is 2. The molecule has 0 bridgehead atoms. The summed E-state index contributed by atoms with van der Waals surface area (Å²) in [6, 6.07) is 7.52. The minimum absolute atomic E-state index is 0.100. The van der Waals surface area contributed by atoms with E-state index in [0.29, 0.717) is 24.1 Å². The van der Waals surface area contributed by atoms with Gasteiger partial charge in [0.15, 0.2) is 5.82 Å². The summed E-state index contributed by atoms with van der Waals surface area (Å²) in [7, 11) is 0. The molecular weight excluding hydrogens is 250 g/mol. The number of nitrogens with zero attached hydrogens (tertiary/aromatic N) is 2. The maximum atomic E-state index is 6.01. The summed E-state index contributed by atoms with van der Waals surface area (Å²) in [5.74, 6) is 1.75. The van der Waals surface area contributed by atoms with E-state index in [0.717, 1.165) is 23.4 Å². The molecule has 2 N–H and O–H groups in total. The number of rotatable bonds is 4. The number of halogens is 1. The molecule has 4 nitrogen and oxygen atoms in total. The third-order valence-corrected chi connectivity index (χ3v) is 3.43. The van der Waals surface area contributed by atoms with Crippen molar-refractivity contribution in [2.45, 2.75) is 25.3 Å². The van der Waals surface area contributed by atoms with Crippen molar-refractivity contribution in [1.82, 2.24) is 10.1 Å². The van der Waals surface area contributed by atoms with Crippen LogP contribution in [0.2, 0.25) is 5.02 Å². The molecule has 94 valence electrons. The largest absolute Gasteiger partial charge is 0.338 e. The molecule has 1 fully saturated rings. The van der Waals surface area contributed by atoms with Crippen LogP contribution in [0.15, 0.2) is 28.8 Å². The van der Waals surface area contributed by atoms with Crippen molar-refractivity contribution in [3.63, 3.8) is 0 Å². The summed E-state index contributed by atoms with van der Waals surface area (Å²) in [6.07, 6.45) is 2.96. The van der Waals surface area contributed by atoms with Crippen molar-refractivity contribution >= 4 is 11.6 Å². The molecular formula is C13H14ClN3O. The van der Waals surface area contributed by atoms with Crippen LogP contribution < -0.4 is 5.73 Å². The van der Waals surface area contributed by atoms with Crippen molar-refractivity contribution in [2.75, 3.05) is 0 Å². The number of hydrogen-bond acceptors (Lipinski definition) is 4. The van der Waals surface area contributed by atoms with E-state index in [4.69, 9.17) is 21.9 Å². The predicted molar refractivity (Wildman–Crippen MR) is 68.2 cm³/mol. The highest BCUT2D eigenvalue weighted by molar-refractivity contribution is 6.30. The second-order valence-corrected chi connectivity index (χ2v) is 5.15. The van der Waals surface area contributed by atoms with Crippen LogP contribution >= 0.6 is 11.6 Å². The van der Waals surface area contributed by atoms with Gasteiger partial charge >= 0.3 is 0 Å². The van der Waals surface area contributed by atoms with Gasteiger partial charge in [0.05, 0.1) is 6.04 Å². The molecule has 1 aliphatic rings. The molecule has 1 aromatic heterocycles. The van der Waals surface area contributed by atoms with E-state index in [1.165, 1.54) is 0 Å². The molecule has 1 aromatic carbocycles. The quantitative estimate of drug-likeness (QED) is 0.921. The van der Waals surface area contributed by atoms with Gasteiger partial charge in [-0.05, 0) is 36.5 Å². The summed E-state index contributed by atoms with van der Waals surface area (Å²) in [6.45, 7) is 0. The van der Waals surface area contributed by atoms with E-state index in [1.807, 2.05) is 24.3 Å². The van der Waals surface area contributed by atoms with Gasteiger partial charge in [0.1, 0.15) is 0 Å². The van der Waals surface area contributed by atoms with Gasteiger partial charge in [0.2, 0.25) is 5.89 Å². The maximum absolute atomic E-state index is 6.01. The lowest BCUT2D eigenvalue weighted by Crippen LogP contribution is -2.12. The first-order valence-corrected chi connectivity index (χ1v) is 6.42. The zero-order valence-electron chi connectivity index (χ0n) is 9.84. The highest BCUT2D eigenvalue weighted by Crippen LogP contribution is 2.38. The van der Waals surface area contributed by atoms with Crippen LogP contribution in [-0.2, 0) is 6.42 Å². The third kappa shape index (κ3) is 2.54. The number of hydrogen-bond donors (Lipinski definition) is 1. The SMILES string of the molecule is NC(c1nc(Cc2ccc(Cl)cc2)no1)C1CC1. The fraction of sp³-hybridized carbons (Fsp3) is 0.385. The highest BCUT2D eigenvalue weighted by atomic mass is 35.5.